The second-order valence-corrected chi connectivity index (χ2v) is 4.72. The third-order valence-corrected chi connectivity index (χ3v) is 3.42. The molecule has 0 saturated carbocycles. The maximum absolute atomic E-state index is 12.4. The summed E-state index contributed by atoms with van der Waals surface area (Å²) in [6.07, 6.45) is 0.758. The van der Waals surface area contributed by atoms with Crippen LogP contribution in [-0.2, 0) is 9.59 Å². The molecule has 102 valence electrons. The van der Waals surface area contributed by atoms with Gasteiger partial charge in [0, 0.05) is 26.3 Å². The second kappa shape index (κ2) is 5.73. The van der Waals surface area contributed by atoms with Gasteiger partial charge in [0.25, 0.3) is 0 Å². The molecule has 1 aromatic carbocycles. The Hall–Kier alpha value is -2.04. The van der Waals surface area contributed by atoms with Crippen molar-refractivity contribution in [2.24, 2.45) is 0 Å². The molecular weight excluding hydrogens is 242 g/mol. The molecular formula is C14H19N3O2. The lowest BCUT2D eigenvalue weighted by molar-refractivity contribution is -0.135. The van der Waals surface area contributed by atoms with E-state index in [0.29, 0.717) is 0 Å². The summed E-state index contributed by atoms with van der Waals surface area (Å²) in [6, 6.07) is 7.84. The van der Waals surface area contributed by atoms with Gasteiger partial charge < -0.3 is 15.5 Å². The summed E-state index contributed by atoms with van der Waals surface area (Å²) in [6.45, 7) is 0.878. The van der Waals surface area contributed by atoms with Crippen molar-refractivity contribution in [2.45, 2.75) is 12.3 Å². The number of amides is 2. The molecule has 1 aliphatic heterocycles. The molecule has 19 heavy (non-hydrogen) atoms. The quantitative estimate of drug-likeness (QED) is 0.845. The van der Waals surface area contributed by atoms with Crippen molar-refractivity contribution in [1.82, 2.24) is 10.2 Å². The third kappa shape index (κ3) is 2.86. The highest BCUT2D eigenvalue weighted by atomic mass is 16.2. The number of hydrogen-bond donors (Lipinski definition) is 2. The summed E-state index contributed by atoms with van der Waals surface area (Å²) in [4.78, 5) is 25.3. The zero-order valence-electron chi connectivity index (χ0n) is 11.3. The van der Waals surface area contributed by atoms with Crippen LogP contribution < -0.4 is 10.6 Å². The molecule has 0 radical (unpaired) electrons. The van der Waals surface area contributed by atoms with Crippen molar-refractivity contribution in [3.05, 3.63) is 29.8 Å². The van der Waals surface area contributed by atoms with Gasteiger partial charge in [-0.05, 0) is 18.1 Å². The van der Waals surface area contributed by atoms with Crippen molar-refractivity contribution in [3.63, 3.8) is 0 Å². The molecule has 2 N–H and O–H groups in total. The fourth-order valence-corrected chi connectivity index (χ4v) is 2.36. The van der Waals surface area contributed by atoms with Gasteiger partial charge in [-0.25, -0.2) is 0 Å². The predicted octanol–water partition coefficient (Wildman–Crippen LogP) is 0.790. The van der Waals surface area contributed by atoms with Crippen LogP contribution in [0.25, 0.3) is 0 Å². The van der Waals surface area contributed by atoms with Crippen LogP contribution in [0.4, 0.5) is 5.69 Å². The lowest BCUT2D eigenvalue weighted by Gasteiger charge is -2.29. The molecule has 1 aromatic rings. The Morgan fingerprint density at radius 1 is 1.42 bits per heavy atom. The molecule has 1 aliphatic rings. The standard InChI is InChI=1S/C14H19N3O2/c1-15-13(18)9-17(2)14(19)11-7-8-16-12-6-4-3-5-10(11)12/h3-6,11,16H,7-9H2,1-2H3,(H,15,18). The highest BCUT2D eigenvalue weighted by Gasteiger charge is 2.28. The second-order valence-electron chi connectivity index (χ2n) is 4.72. The molecule has 1 heterocycles. The van der Waals surface area contributed by atoms with Gasteiger partial charge in [0.1, 0.15) is 0 Å². The number of carbonyl (C=O) groups excluding carboxylic acids is 2. The number of likely N-dealkylation sites (N-methyl/N-ethyl adjacent to an activating group) is 2. The number of benzene rings is 1. The molecule has 5 heteroatoms. The molecule has 5 nitrogen and oxygen atoms in total. The number of carbonyl (C=O) groups is 2. The van der Waals surface area contributed by atoms with Crippen molar-refractivity contribution < 1.29 is 9.59 Å². The van der Waals surface area contributed by atoms with E-state index in [-0.39, 0.29) is 24.3 Å². The van der Waals surface area contributed by atoms with Crippen molar-refractivity contribution in [2.75, 3.05) is 32.5 Å². The van der Waals surface area contributed by atoms with Crippen LogP contribution in [0.15, 0.2) is 24.3 Å². The number of nitrogens with zero attached hydrogens (tertiary/aromatic N) is 1. The van der Waals surface area contributed by atoms with Gasteiger partial charge in [-0.1, -0.05) is 18.2 Å². The van der Waals surface area contributed by atoms with Crippen LogP contribution in [0.2, 0.25) is 0 Å². The minimum atomic E-state index is -0.160. The Balaban J connectivity index is 2.14. The first-order chi connectivity index (χ1) is 9.13. The molecule has 2 amide bonds. The summed E-state index contributed by atoms with van der Waals surface area (Å²) in [5.41, 5.74) is 2.03. The van der Waals surface area contributed by atoms with Gasteiger partial charge in [-0.15, -0.1) is 0 Å². The van der Waals surface area contributed by atoms with E-state index in [9.17, 15) is 9.59 Å². The molecule has 0 aliphatic carbocycles. The van der Waals surface area contributed by atoms with Crippen LogP contribution in [0.5, 0.6) is 0 Å². The summed E-state index contributed by atoms with van der Waals surface area (Å²) in [5.74, 6) is -0.317. The molecule has 1 atom stereocenters. The van der Waals surface area contributed by atoms with E-state index in [0.717, 1.165) is 24.2 Å². The normalized spacial score (nSPS) is 17.1. The molecule has 2 rings (SSSR count). The maximum Gasteiger partial charge on any atom is 0.239 e. The molecule has 0 bridgehead atoms. The minimum absolute atomic E-state index is 0.00227. The van der Waals surface area contributed by atoms with E-state index < -0.39 is 0 Å². The number of para-hydroxylation sites is 1. The Bertz CT molecular complexity index is 487. The number of nitrogens with one attached hydrogen (secondary N) is 2. The van der Waals surface area contributed by atoms with Gasteiger partial charge in [-0.2, -0.15) is 0 Å². The molecule has 0 aromatic heterocycles. The zero-order valence-corrected chi connectivity index (χ0v) is 11.3. The Kier molecular flexibility index (Phi) is 4.04. The fourth-order valence-electron chi connectivity index (χ4n) is 2.36. The maximum atomic E-state index is 12.4. The number of fused-ring (bicyclic) bond motifs is 1. The van der Waals surface area contributed by atoms with E-state index in [2.05, 4.69) is 10.6 Å². The van der Waals surface area contributed by atoms with Crippen LogP contribution in [0.1, 0.15) is 17.9 Å². The molecule has 1 unspecified atom stereocenters. The topological polar surface area (TPSA) is 61.4 Å². The van der Waals surface area contributed by atoms with E-state index in [4.69, 9.17) is 0 Å². The van der Waals surface area contributed by atoms with E-state index in [1.165, 1.54) is 4.90 Å². The van der Waals surface area contributed by atoms with Crippen LogP contribution in [-0.4, -0.2) is 43.9 Å². The summed E-state index contributed by atoms with van der Waals surface area (Å²) >= 11 is 0. The van der Waals surface area contributed by atoms with Gasteiger partial charge in [0.2, 0.25) is 11.8 Å². The van der Waals surface area contributed by atoms with E-state index in [1.807, 2.05) is 24.3 Å². The summed E-state index contributed by atoms with van der Waals surface area (Å²) < 4.78 is 0. The van der Waals surface area contributed by atoms with Gasteiger partial charge in [0.05, 0.1) is 12.5 Å². The Morgan fingerprint density at radius 3 is 2.89 bits per heavy atom. The SMILES string of the molecule is CNC(=O)CN(C)C(=O)C1CCNc2ccccc21. The van der Waals surface area contributed by atoms with E-state index in [1.54, 1.807) is 14.1 Å². The van der Waals surface area contributed by atoms with Gasteiger partial charge >= 0.3 is 0 Å². The zero-order chi connectivity index (χ0) is 13.8. The average molecular weight is 261 g/mol. The Labute approximate surface area is 113 Å². The third-order valence-electron chi connectivity index (χ3n) is 3.42. The minimum Gasteiger partial charge on any atom is -0.385 e. The number of rotatable bonds is 3. The lowest BCUT2D eigenvalue weighted by Crippen LogP contribution is -2.40. The highest BCUT2D eigenvalue weighted by molar-refractivity contribution is 5.89. The predicted molar refractivity (Wildman–Crippen MR) is 74.0 cm³/mol. The fraction of sp³-hybridized carbons (Fsp3) is 0.429. The Morgan fingerprint density at radius 2 is 2.16 bits per heavy atom. The van der Waals surface area contributed by atoms with Crippen molar-refractivity contribution in [1.29, 1.82) is 0 Å². The monoisotopic (exact) mass is 261 g/mol. The molecule has 0 spiro atoms. The van der Waals surface area contributed by atoms with Crippen LogP contribution in [0.3, 0.4) is 0 Å². The van der Waals surface area contributed by atoms with Crippen molar-refractivity contribution >= 4 is 17.5 Å². The van der Waals surface area contributed by atoms with E-state index >= 15 is 0 Å². The van der Waals surface area contributed by atoms with Gasteiger partial charge in [-0.3, -0.25) is 9.59 Å². The highest BCUT2D eigenvalue weighted by Crippen LogP contribution is 2.32. The van der Waals surface area contributed by atoms with Crippen LogP contribution >= 0.6 is 0 Å². The number of anilines is 1. The number of hydrogen-bond acceptors (Lipinski definition) is 3. The van der Waals surface area contributed by atoms with Crippen molar-refractivity contribution in [3.8, 4) is 0 Å². The summed E-state index contributed by atoms with van der Waals surface area (Å²) in [5, 5.41) is 5.82. The summed E-state index contributed by atoms with van der Waals surface area (Å²) in [7, 11) is 3.24. The smallest absolute Gasteiger partial charge is 0.239 e. The molecule has 0 fully saturated rings. The molecule has 0 saturated heterocycles. The first-order valence-electron chi connectivity index (χ1n) is 6.42. The first-order valence-corrected chi connectivity index (χ1v) is 6.42. The first kappa shape index (κ1) is 13.4. The average Bonchev–Trinajstić information content (AvgIpc) is 2.45. The van der Waals surface area contributed by atoms with Crippen LogP contribution in [0, 0.1) is 0 Å². The lowest BCUT2D eigenvalue weighted by atomic mass is 9.90. The largest absolute Gasteiger partial charge is 0.385 e. The van der Waals surface area contributed by atoms with Gasteiger partial charge in [0.15, 0.2) is 0 Å².